The van der Waals surface area contributed by atoms with Gasteiger partial charge in [-0.2, -0.15) is 0 Å². The third-order valence-electron chi connectivity index (χ3n) is 2.95. The number of rotatable bonds is 4. The third-order valence-corrected chi connectivity index (χ3v) is 2.95. The van der Waals surface area contributed by atoms with Crippen LogP contribution in [0.25, 0.3) is 5.57 Å². The minimum atomic E-state index is -0.252. The smallest absolute Gasteiger partial charge is 0.123 e. The van der Waals surface area contributed by atoms with Crippen molar-refractivity contribution in [3.63, 3.8) is 0 Å². The van der Waals surface area contributed by atoms with Crippen LogP contribution >= 0.6 is 0 Å². The monoisotopic (exact) mass is 258 g/mol. The van der Waals surface area contributed by atoms with Gasteiger partial charge in [-0.15, -0.1) is 0 Å². The van der Waals surface area contributed by atoms with Crippen molar-refractivity contribution < 1.29 is 8.78 Å². The largest absolute Gasteiger partial charge is 0.207 e. The Morgan fingerprint density at radius 3 is 1.63 bits per heavy atom. The maximum atomic E-state index is 13.0. The summed E-state index contributed by atoms with van der Waals surface area (Å²) in [6.45, 7) is 2.10. The number of unbranched alkanes of at least 4 members (excludes halogenated alkanes) is 1. The molecule has 2 heteroatoms. The zero-order valence-corrected chi connectivity index (χ0v) is 10.9. The van der Waals surface area contributed by atoms with Crippen molar-refractivity contribution in [3.8, 4) is 0 Å². The molecule has 2 aromatic carbocycles. The molecule has 0 saturated carbocycles. The Bertz CT molecular complexity index is 503. The van der Waals surface area contributed by atoms with Crippen LogP contribution in [0.15, 0.2) is 54.6 Å². The van der Waals surface area contributed by atoms with Crippen molar-refractivity contribution in [3.05, 3.63) is 77.4 Å². The molecule has 0 aliphatic heterocycles. The van der Waals surface area contributed by atoms with Crippen LogP contribution in [0.5, 0.6) is 0 Å². The predicted molar refractivity (Wildman–Crippen MR) is 74.8 cm³/mol. The van der Waals surface area contributed by atoms with E-state index in [9.17, 15) is 8.78 Å². The van der Waals surface area contributed by atoms with E-state index in [1.165, 1.54) is 24.3 Å². The van der Waals surface area contributed by atoms with Gasteiger partial charge in [-0.1, -0.05) is 43.7 Å². The molecule has 0 fully saturated rings. The van der Waals surface area contributed by atoms with E-state index in [4.69, 9.17) is 0 Å². The van der Waals surface area contributed by atoms with Gasteiger partial charge in [0, 0.05) is 0 Å². The predicted octanol–water partition coefficient (Wildman–Crippen LogP) is 5.20. The summed E-state index contributed by atoms with van der Waals surface area (Å²) in [5.41, 5.74) is 2.91. The SMILES string of the molecule is CCCC=C(c1ccc(F)cc1)c1ccc(F)cc1. The Morgan fingerprint density at radius 1 is 0.842 bits per heavy atom. The van der Waals surface area contributed by atoms with Gasteiger partial charge in [0.2, 0.25) is 0 Å². The molecular weight excluding hydrogens is 242 g/mol. The first-order chi connectivity index (χ1) is 9.20. The molecule has 0 atom stereocenters. The number of halogens is 2. The average molecular weight is 258 g/mol. The first-order valence-electron chi connectivity index (χ1n) is 6.42. The zero-order chi connectivity index (χ0) is 13.7. The summed E-state index contributed by atoms with van der Waals surface area (Å²) in [5.74, 6) is -0.504. The molecule has 0 N–H and O–H groups in total. The van der Waals surface area contributed by atoms with Gasteiger partial charge in [0.05, 0.1) is 0 Å². The van der Waals surface area contributed by atoms with Crippen molar-refractivity contribution in [2.24, 2.45) is 0 Å². The van der Waals surface area contributed by atoms with E-state index < -0.39 is 0 Å². The lowest BCUT2D eigenvalue weighted by atomic mass is 9.96. The number of benzene rings is 2. The second-order valence-corrected chi connectivity index (χ2v) is 4.42. The van der Waals surface area contributed by atoms with Crippen molar-refractivity contribution in [1.29, 1.82) is 0 Å². The topological polar surface area (TPSA) is 0 Å². The molecule has 0 saturated heterocycles. The normalized spacial score (nSPS) is 10.3. The third kappa shape index (κ3) is 3.50. The maximum Gasteiger partial charge on any atom is 0.123 e. The molecule has 0 aliphatic rings. The summed E-state index contributed by atoms with van der Waals surface area (Å²) in [7, 11) is 0. The van der Waals surface area contributed by atoms with Gasteiger partial charge in [0.25, 0.3) is 0 Å². The fourth-order valence-electron chi connectivity index (χ4n) is 1.95. The first kappa shape index (κ1) is 13.5. The van der Waals surface area contributed by atoms with Gasteiger partial charge in [-0.05, 0) is 47.4 Å². The highest BCUT2D eigenvalue weighted by Gasteiger charge is 2.05. The van der Waals surface area contributed by atoms with Gasteiger partial charge in [-0.25, -0.2) is 8.78 Å². The molecule has 0 spiro atoms. The molecule has 2 aromatic rings. The molecule has 0 radical (unpaired) electrons. The van der Waals surface area contributed by atoms with Crippen molar-refractivity contribution in [2.75, 3.05) is 0 Å². The highest BCUT2D eigenvalue weighted by atomic mass is 19.1. The van der Waals surface area contributed by atoms with Crippen LogP contribution in [0.3, 0.4) is 0 Å². The second-order valence-electron chi connectivity index (χ2n) is 4.42. The van der Waals surface area contributed by atoms with E-state index in [2.05, 4.69) is 13.0 Å². The Hall–Kier alpha value is -1.96. The van der Waals surface area contributed by atoms with E-state index in [0.29, 0.717) is 0 Å². The van der Waals surface area contributed by atoms with E-state index in [1.54, 1.807) is 24.3 Å². The van der Waals surface area contributed by atoms with Crippen LogP contribution in [-0.4, -0.2) is 0 Å². The van der Waals surface area contributed by atoms with Gasteiger partial charge in [-0.3, -0.25) is 0 Å². The van der Waals surface area contributed by atoms with Crippen LogP contribution in [0.4, 0.5) is 8.78 Å². The molecule has 0 unspecified atom stereocenters. The van der Waals surface area contributed by atoms with Gasteiger partial charge >= 0.3 is 0 Å². The molecule has 2 rings (SSSR count). The van der Waals surface area contributed by atoms with Crippen molar-refractivity contribution in [2.45, 2.75) is 19.8 Å². The molecule has 0 bridgehead atoms. The lowest BCUT2D eigenvalue weighted by Crippen LogP contribution is -1.89. The quantitative estimate of drug-likeness (QED) is 0.707. The summed E-state index contributed by atoms with van der Waals surface area (Å²) in [6.07, 6.45) is 4.08. The minimum absolute atomic E-state index is 0.252. The fourth-order valence-corrected chi connectivity index (χ4v) is 1.95. The molecule has 0 aromatic heterocycles. The molecule has 19 heavy (non-hydrogen) atoms. The lowest BCUT2D eigenvalue weighted by molar-refractivity contribution is 0.627. The number of hydrogen-bond donors (Lipinski definition) is 0. The van der Waals surface area contributed by atoms with Crippen molar-refractivity contribution in [1.82, 2.24) is 0 Å². The second kappa shape index (κ2) is 6.28. The summed E-state index contributed by atoms with van der Waals surface area (Å²) in [5, 5.41) is 0. The minimum Gasteiger partial charge on any atom is -0.207 e. The molecule has 98 valence electrons. The van der Waals surface area contributed by atoms with Crippen molar-refractivity contribution >= 4 is 5.57 Å². The summed E-state index contributed by atoms with van der Waals surface area (Å²) in [4.78, 5) is 0. The van der Waals surface area contributed by atoms with Gasteiger partial charge < -0.3 is 0 Å². The molecule has 0 nitrogen and oxygen atoms in total. The summed E-state index contributed by atoms with van der Waals surface area (Å²) < 4.78 is 26.0. The first-order valence-corrected chi connectivity index (χ1v) is 6.42. The Morgan fingerprint density at radius 2 is 1.26 bits per heavy atom. The van der Waals surface area contributed by atoms with Crippen LogP contribution in [0, 0.1) is 11.6 Å². The van der Waals surface area contributed by atoms with Crippen LogP contribution < -0.4 is 0 Å². The summed E-state index contributed by atoms with van der Waals surface area (Å²) in [6, 6.07) is 12.8. The number of hydrogen-bond acceptors (Lipinski definition) is 0. The molecule has 0 heterocycles. The molecule has 0 aliphatic carbocycles. The van der Waals surface area contributed by atoms with E-state index >= 15 is 0 Å². The Balaban J connectivity index is 2.41. The summed E-state index contributed by atoms with van der Waals surface area (Å²) >= 11 is 0. The van der Waals surface area contributed by atoms with Crippen LogP contribution in [0.1, 0.15) is 30.9 Å². The Labute approximate surface area is 112 Å². The van der Waals surface area contributed by atoms with Gasteiger partial charge in [0.1, 0.15) is 11.6 Å². The molecule has 0 amide bonds. The van der Waals surface area contributed by atoms with E-state index in [-0.39, 0.29) is 11.6 Å². The lowest BCUT2D eigenvalue weighted by Gasteiger charge is -2.09. The average Bonchev–Trinajstić information content (AvgIpc) is 2.43. The Kier molecular flexibility index (Phi) is 4.45. The highest BCUT2D eigenvalue weighted by Crippen LogP contribution is 2.24. The maximum absolute atomic E-state index is 13.0. The van der Waals surface area contributed by atoms with Crippen LogP contribution in [-0.2, 0) is 0 Å². The standard InChI is InChI=1S/C17H16F2/c1-2-3-4-17(13-5-9-15(18)10-6-13)14-7-11-16(19)12-8-14/h4-12H,2-3H2,1H3. The van der Waals surface area contributed by atoms with E-state index in [1.807, 2.05) is 0 Å². The van der Waals surface area contributed by atoms with Crippen LogP contribution in [0.2, 0.25) is 0 Å². The number of allylic oxidation sites excluding steroid dienone is 1. The molecular formula is C17H16F2. The van der Waals surface area contributed by atoms with E-state index in [0.717, 1.165) is 29.5 Å². The fraction of sp³-hybridized carbons (Fsp3) is 0.176. The highest BCUT2D eigenvalue weighted by molar-refractivity contribution is 5.79. The van der Waals surface area contributed by atoms with Gasteiger partial charge in [0.15, 0.2) is 0 Å². The zero-order valence-electron chi connectivity index (χ0n) is 10.9.